The number of nitrogens with two attached hydrogens (primary N) is 1. The van der Waals surface area contributed by atoms with Crippen LogP contribution in [0.2, 0.25) is 0 Å². The molecule has 6 heteroatoms. The van der Waals surface area contributed by atoms with Crippen LogP contribution in [0.1, 0.15) is 39.7 Å². The second kappa shape index (κ2) is 9.74. The van der Waals surface area contributed by atoms with Crippen LogP contribution >= 0.6 is 0 Å². The zero-order chi connectivity index (χ0) is 20.0. The van der Waals surface area contributed by atoms with E-state index in [0.29, 0.717) is 44.3 Å². The quantitative estimate of drug-likeness (QED) is 0.791. The van der Waals surface area contributed by atoms with E-state index in [9.17, 15) is 9.59 Å². The number of benzene rings is 1. The van der Waals surface area contributed by atoms with Crippen LogP contribution in [0.25, 0.3) is 0 Å². The highest BCUT2D eigenvalue weighted by molar-refractivity contribution is 5.83. The predicted molar refractivity (Wildman–Crippen MR) is 107 cm³/mol. The van der Waals surface area contributed by atoms with Gasteiger partial charge in [-0.1, -0.05) is 32.9 Å². The lowest BCUT2D eigenvalue weighted by atomic mass is 10.0. The van der Waals surface area contributed by atoms with Gasteiger partial charge in [0.2, 0.25) is 5.91 Å². The molecule has 1 heterocycles. The lowest BCUT2D eigenvalue weighted by Crippen LogP contribution is -2.56. The van der Waals surface area contributed by atoms with Crippen molar-refractivity contribution in [2.24, 2.45) is 11.7 Å². The molecule has 0 spiro atoms. The average Bonchev–Trinajstić information content (AvgIpc) is 2.67. The van der Waals surface area contributed by atoms with Crippen molar-refractivity contribution in [3.8, 4) is 5.75 Å². The third-order valence-electron chi connectivity index (χ3n) is 4.94. The number of rotatable bonds is 7. The maximum Gasteiger partial charge on any atom is 0.263 e. The molecule has 1 aliphatic heterocycles. The number of hydrogen-bond acceptors (Lipinski definition) is 4. The molecule has 1 saturated heterocycles. The zero-order valence-corrected chi connectivity index (χ0v) is 17.0. The molecule has 27 heavy (non-hydrogen) atoms. The van der Waals surface area contributed by atoms with Crippen molar-refractivity contribution in [2.75, 3.05) is 26.2 Å². The number of nitrogens with zero attached hydrogens (tertiary/aromatic N) is 2. The molecule has 2 amide bonds. The molecule has 0 aliphatic carbocycles. The van der Waals surface area contributed by atoms with E-state index in [-0.39, 0.29) is 11.8 Å². The third-order valence-corrected chi connectivity index (χ3v) is 4.94. The summed E-state index contributed by atoms with van der Waals surface area (Å²) in [4.78, 5) is 28.6. The Bertz CT molecular complexity index is 622. The molecular weight excluding hydrogens is 342 g/mol. The highest BCUT2D eigenvalue weighted by Crippen LogP contribution is 2.16. The van der Waals surface area contributed by atoms with Crippen molar-refractivity contribution in [1.82, 2.24) is 9.80 Å². The van der Waals surface area contributed by atoms with Gasteiger partial charge >= 0.3 is 0 Å². The first-order valence-corrected chi connectivity index (χ1v) is 9.90. The van der Waals surface area contributed by atoms with Crippen molar-refractivity contribution < 1.29 is 14.3 Å². The maximum absolute atomic E-state index is 12.7. The van der Waals surface area contributed by atoms with Gasteiger partial charge in [-0.25, -0.2) is 0 Å². The molecule has 1 unspecified atom stereocenters. The number of ether oxygens (including phenoxy) is 1. The summed E-state index contributed by atoms with van der Waals surface area (Å²) in [5.74, 6) is 1.02. The van der Waals surface area contributed by atoms with Gasteiger partial charge in [0.1, 0.15) is 5.75 Å². The minimum atomic E-state index is -0.553. The Hall–Kier alpha value is -2.08. The minimum absolute atomic E-state index is 0.0175. The summed E-state index contributed by atoms with van der Waals surface area (Å²) in [6, 6.07) is 7.36. The Morgan fingerprint density at radius 2 is 1.52 bits per heavy atom. The first-order chi connectivity index (χ1) is 12.8. The molecule has 1 aromatic rings. The van der Waals surface area contributed by atoms with Crippen LogP contribution in [0.3, 0.4) is 0 Å². The second-order valence-corrected chi connectivity index (χ2v) is 7.64. The van der Waals surface area contributed by atoms with Crippen LogP contribution < -0.4 is 10.5 Å². The van der Waals surface area contributed by atoms with Gasteiger partial charge in [0, 0.05) is 26.2 Å². The first kappa shape index (κ1) is 21.2. The molecular formula is C21H33N3O3. The Morgan fingerprint density at radius 1 is 1.00 bits per heavy atom. The minimum Gasteiger partial charge on any atom is -0.481 e. The van der Waals surface area contributed by atoms with Crippen molar-refractivity contribution in [1.29, 1.82) is 0 Å². The molecule has 0 aromatic heterocycles. The van der Waals surface area contributed by atoms with Crippen LogP contribution in [0.5, 0.6) is 5.75 Å². The fourth-order valence-corrected chi connectivity index (χ4v) is 3.31. The number of hydrogen-bond donors (Lipinski definition) is 1. The monoisotopic (exact) mass is 375 g/mol. The van der Waals surface area contributed by atoms with E-state index in [1.165, 1.54) is 5.56 Å². The van der Waals surface area contributed by atoms with Crippen LogP contribution in [-0.2, 0) is 16.0 Å². The highest BCUT2D eigenvalue weighted by Gasteiger charge is 2.29. The Morgan fingerprint density at radius 3 is 2.00 bits per heavy atom. The van der Waals surface area contributed by atoms with Gasteiger partial charge in [-0.2, -0.15) is 0 Å². The van der Waals surface area contributed by atoms with Crippen molar-refractivity contribution in [2.45, 2.75) is 52.7 Å². The van der Waals surface area contributed by atoms with E-state index >= 15 is 0 Å². The number of amides is 2. The molecule has 6 nitrogen and oxygen atoms in total. The normalized spacial score (nSPS) is 17.0. The van der Waals surface area contributed by atoms with Gasteiger partial charge in [0.25, 0.3) is 5.91 Å². The number of aryl methyl sites for hydroxylation is 1. The Labute approximate surface area is 162 Å². The standard InChI is InChI=1S/C21H33N3O3/c1-5-17-6-8-18(9-7-17)27-16(4)20(25)23-10-12-24(13-11-23)21(26)19(22)14-15(2)3/h6-9,15-16,19H,5,10-14,22H2,1-4H3/t16?,19-/m0/s1. The van der Waals surface area contributed by atoms with E-state index in [1.807, 2.05) is 24.3 Å². The SMILES string of the molecule is CCc1ccc(OC(C)C(=O)N2CCN(C(=O)[C@@H](N)CC(C)C)CC2)cc1. The number of carbonyl (C=O) groups is 2. The van der Waals surface area contributed by atoms with E-state index in [0.717, 1.165) is 6.42 Å². The smallest absolute Gasteiger partial charge is 0.263 e. The lowest BCUT2D eigenvalue weighted by molar-refractivity contribution is -0.144. The molecule has 0 saturated carbocycles. The first-order valence-electron chi connectivity index (χ1n) is 9.90. The highest BCUT2D eigenvalue weighted by atomic mass is 16.5. The third kappa shape index (κ3) is 5.96. The van der Waals surface area contributed by atoms with Crippen molar-refractivity contribution >= 4 is 11.8 Å². The van der Waals surface area contributed by atoms with Crippen molar-refractivity contribution in [3.05, 3.63) is 29.8 Å². The Balaban J connectivity index is 1.83. The largest absolute Gasteiger partial charge is 0.481 e. The van der Waals surface area contributed by atoms with Gasteiger partial charge in [-0.3, -0.25) is 9.59 Å². The molecule has 1 aromatic carbocycles. The van der Waals surface area contributed by atoms with E-state index in [2.05, 4.69) is 20.8 Å². The number of piperazine rings is 1. The van der Waals surface area contributed by atoms with Crippen LogP contribution in [-0.4, -0.2) is 59.9 Å². The van der Waals surface area contributed by atoms with Gasteiger partial charge in [-0.05, 0) is 43.4 Å². The lowest BCUT2D eigenvalue weighted by Gasteiger charge is -2.37. The maximum atomic E-state index is 12.7. The van der Waals surface area contributed by atoms with Gasteiger partial charge in [-0.15, -0.1) is 0 Å². The Kier molecular flexibility index (Phi) is 7.66. The summed E-state index contributed by atoms with van der Waals surface area (Å²) in [5.41, 5.74) is 7.24. The summed E-state index contributed by atoms with van der Waals surface area (Å²) in [7, 11) is 0. The summed E-state index contributed by atoms with van der Waals surface area (Å²) in [6.45, 7) is 10.1. The molecule has 2 atom stereocenters. The average molecular weight is 376 g/mol. The fourth-order valence-electron chi connectivity index (χ4n) is 3.31. The molecule has 2 N–H and O–H groups in total. The van der Waals surface area contributed by atoms with Gasteiger partial charge in [0.15, 0.2) is 6.10 Å². The summed E-state index contributed by atoms with van der Waals surface area (Å²) >= 11 is 0. The molecule has 1 fully saturated rings. The predicted octanol–water partition coefficient (Wildman–Crippen LogP) is 2.06. The molecule has 0 bridgehead atoms. The van der Waals surface area contributed by atoms with Crippen LogP contribution in [0.15, 0.2) is 24.3 Å². The fraction of sp³-hybridized carbons (Fsp3) is 0.619. The van der Waals surface area contributed by atoms with E-state index in [1.54, 1.807) is 16.7 Å². The topological polar surface area (TPSA) is 75.9 Å². The van der Waals surface area contributed by atoms with Crippen LogP contribution in [0, 0.1) is 5.92 Å². The van der Waals surface area contributed by atoms with E-state index in [4.69, 9.17) is 10.5 Å². The molecule has 2 rings (SSSR count). The van der Waals surface area contributed by atoms with Crippen molar-refractivity contribution in [3.63, 3.8) is 0 Å². The number of carbonyl (C=O) groups excluding carboxylic acids is 2. The van der Waals surface area contributed by atoms with Gasteiger partial charge < -0.3 is 20.3 Å². The molecule has 150 valence electrons. The second-order valence-electron chi connectivity index (χ2n) is 7.64. The van der Waals surface area contributed by atoms with Crippen LogP contribution in [0.4, 0.5) is 0 Å². The van der Waals surface area contributed by atoms with E-state index < -0.39 is 12.1 Å². The summed E-state index contributed by atoms with van der Waals surface area (Å²) < 4.78 is 5.79. The summed E-state index contributed by atoms with van der Waals surface area (Å²) in [6.07, 6.45) is 1.10. The van der Waals surface area contributed by atoms with Gasteiger partial charge in [0.05, 0.1) is 6.04 Å². The zero-order valence-electron chi connectivity index (χ0n) is 17.0. The molecule has 0 radical (unpaired) electrons. The summed E-state index contributed by atoms with van der Waals surface area (Å²) in [5, 5.41) is 0. The molecule has 1 aliphatic rings.